The number of carbonyl (C=O) groups is 1. The second-order valence-electron chi connectivity index (χ2n) is 7.57. The van der Waals surface area contributed by atoms with Crippen LogP contribution in [0.15, 0.2) is 6.07 Å². The Labute approximate surface area is 160 Å². The number of phenols is 2. The van der Waals surface area contributed by atoms with Crippen molar-refractivity contribution < 1.29 is 15.0 Å². The standard InChI is InChI=1S/C20H29ClN2O3/c1-14-18(16(24)13-17(25)19(14)21)20(26)23-11-6-3-7-15(23)8-12-22-9-4-2-5-10-22/h13,15,24-25H,2-12H2,1H3. The first-order valence-electron chi connectivity index (χ1n) is 9.73. The average Bonchev–Trinajstić information content (AvgIpc) is 2.65. The zero-order valence-corrected chi connectivity index (χ0v) is 16.3. The van der Waals surface area contributed by atoms with Gasteiger partial charge in [-0.25, -0.2) is 0 Å². The van der Waals surface area contributed by atoms with Gasteiger partial charge in [0.2, 0.25) is 0 Å². The summed E-state index contributed by atoms with van der Waals surface area (Å²) in [5.74, 6) is -0.571. The summed E-state index contributed by atoms with van der Waals surface area (Å²) >= 11 is 6.10. The topological polar surface area (TPSA) is 64.0 Å². The number of phenolic OH excluding ortho intramolecular Hbond substituents is 2. The van der Waals surface area contributed by atoms with Crippen molar-refractivity contribution in [3.63, 3.8) is 0 Å². The molecule has 1 unspecified atom stereocenters. The Bertz CT molecular complexity index is 659. The van der Waals surface area contributed by atoms with Gasteiger partial charge < -0.3 is 20.0 Å². The molecule has 1 aromatic rings. The number of rotatable bonds is 4. The zero-order chi connectivity index (χ0) is 18.7. The van der Waals surface area contributed by atoms with Gasteiger partial charge in [-0.15, -0.1) is 0 Å². The van der Waals surface area contributed by atoms with Gasteiger partial charge in [0.1, 0.15) is 11.5 Å². The molecule has 1 amide bonds. The van der Waals surface area contributed by atoms with E-state index in [2.05, 4.69) is 4.90 Å². The van der Waals surface area contributed by atoms with Crippen LogP contribution in [-0.4, -0.2) is 58.1 Å². The lowest BCUT2D eigenvalue weighted by molar-refractivity contribution is 0.0575. The van der Waals surface area contributed by atoms with Crippen LogP contribution in [0.4, 0.5) is 0 Å². The maximum absolute atomic E-state index is 13.2. The van der Waals surface area contributed by atoms with Gasteiger partial charge >= 0.3 is 0 Å². The van der Waals surface area contributed by atoms with Crippen LogP contribution < -0.4 is 0 Å². The van der Waals surface area contributed by atoms with Crippen LogP contribution in [0.5, 0.6) is 11.5 Å². The predicted molar refractivity (Wildman–Crippen MR) is 103 cm³/mol. The van der Waals surface area contributed by atoms with Gasteiger partial charge in [-0.3, -0.25) is 4.79 Å². The molecule has 2 saturated heterocycles. The number of hydrogen-bond acceptors (Lipinski definition) is 4. The third kappa shape index (κ3) is 4.09. The fraction of sp³-hybridized carbons (Fsp3) is 0.650. The molecule has 0 saturated carbocycles. The summed E-state index contributed by atoms with van der Waals surface area (Å²) in [6.45, 7) is 5.72. The van der Waals surface area contributed by atoms with Crippen LogP contribution in [-0.2, 0) is 0 Å². The number of carbonyl (C=O) groups excluding carboxylic acids is 1. The second-order valence-corrected chi connectivity index (χ2v) is 7.95. The number of nitrogens with zero attached hydrogens (tertiary/aromatic N) is 2. The van der Waals surface area contributed by atoms with Gasteiger partial charge in [-0.05, 0) is 64.1 Å². The lowest BCUT2D eigenvalue weighted by atomic mass is 9.96. The van der Waals surface area contributed by atoms with Crippen molar-refractivity contribution in [1.82, 2.24) is 9.80 Å². The number of piperidine rings is 2. The Morgan fingerprint density at radius 1 is 1.12 bits per heavy atom. The minimum absolute atomic E-state index is 0.132. The molecular formula is C20H29ClN2O3. The molecule has 2 aliphatic heterocycles. The summed E-state index contributed by atoms with van der Waals surface area (Å²) < 4.78 is 0. The van der Waals surface area contributed by atoms with E-state index in [1.165, 1.54) is 19.3 Å². The van der Waals surface area contributed by atoms with Gasteiger partial charge in [-0.2, -0.15) is 0 Å². The van der Waals surface area contributed by atoms with Crippen molar-refractivity contribution in [3.05, 3.63) is 22.2 Å². The molecule has 0 aliphatic carbocycles. The smallest absolute Gasteiger partial charge is 0.258 e. The van der Waals surface area contributed by atoms with E-state index < -0.39 is 0 Å². The second kappa shape index (κ2) is 8.49. The summed E-state index contributed by atoms with van der Waals surface area (Å²) in [6.07, 6.45) is 7.96. The van der Waals surface area contributed by atoms with E-state index in [9.17, 15) is 15.0 Å². The molecule has 0 bridgehead atoms. The number of likely N-dealkylation sites (tertiary alicyclic amines) is 2. The first-order chi connectivity index (χ1) is 12.5. The van der Waals surface area contributed by atoms with Gasteiger partial charge in [-0.1, -0.05) is 18.0 Å². The molecule has 1 aromatic carbocycles. The Balaban J connectivity index is 1.75. The number of amides is 1. The van der Waals surface area contributed by atoms with E-state index in [0.717, 1.165) is 51.4 Å². The summed E-state index contributed by atoms with van der Waals surface area (Å²) in [5.41, 5.74) is 0.659. The molecule has 26 heavy (non-hydrogen) atoms. The molecule has 1 atom stereocenters. The molecule has 2 fully saturated rings. The summed E-state index contributed by atoms with van der Waals surface area (Å²) in [5, 5.41) is 20.1. The van der Waals surface area contributed by atoms with Gasteiger partial charge in [0.25, 0.3) is 5.91 Å². The van der Waals surface area contributed by atoms with Crippen LogP contribution in [0.3, 0.4) is 0 Å². The van der Waals surface area contributed by atoms with E-state index in [0.29, 0.717) is 12.1 Å². The van der Waals surface area contributed by atoms with Crippen molar-refractivity contribution in [2.45, 2.75) is 57.9 Å². The molecule has 2 aliphatic rings. The number of hydrogen-bond donors (Lipinski definition) is 2. The summed E-state index contributed by atoms with van der Waals surface area (Å²) in [6, 6.07) is 1.36. The van der Waals surface area contributed by atoms with Gasteiger partial charge in [0, 0.05) is 25.2 Å². The summed E-state index contributed by atoms with van der Waals surface area (Å²) in [4.78, 5) is 17.6. The monoisotopic (exact) mass is 380 g/mol. The van der Waals surface area contributed by atoms with Crippen LogP contribution in [0, 0.1) is 6.92 Å². The Morgan fingerprint density at radius 3 is 2.54 bits per heavy atom. The molecule has 5 nitrogen and oxygen atoms in total. The third-order valence-corrected chi connectivity index (χ3v) is 6.26. The molecule has 144 valence electrons. The van der Waals surface area contributed by atoms with Crippen LogP contribution in [0.2, 0.25) is 5.02 Å². The van der Waals surface area contributed by atoms with Crippen molar-refractivity contribution in [1.29, 1.82) is 0 Å². The van der Waals surface area contributed by atoms with E-state index >= 15 is 0 Å². The molecule has 0 spiro atoms. The first kappa shape index (κ1) is 19.3. The minimum atomic E-state index is -0.199. The van der Waals surface area contributed by atoms with E-state index in [1.54, 1.807) is 6.92 Å². The van der Waals surface area contributed by atoms with Crippen molar-refractivity contribution in [3.8, 4) is 11.5 Å². The van der Waals surface area contributed by atoms with Crippen molar-refractivity contribution in [2.75, 3.05) is 26.2 Å². The molecule has 3 rings (SSSR count). The summed E-state index contributed by atoms with van der Waals surface area (Å²) in [7, 11) is 0. The van der Waals surface area contributed by atoms with Crippen LogP contribution >= 0.6 is 11.6 Å². The Morgan fingerprint density at radius 2 is 1.81 bits per heavy atom. The van der Waals surface area contributed by atoms with Crippen LogP contribution in [0.25, 0.3) is 0 Å². The Hall–Kier alpha value is -1.46. The lowest BCUT2D eigenvalue weighted by Gasteiger charge is -2.38. The average molecular weight is 381 g/mol. The maximum atomic E-state index is 13.2. The highest BCUT2D eigenvalue weighted by Gasteiger charge is 2.31. The number of benzene rings is 1. The Kier molecular flexibility index (Phi) is 6.30. The van der Waals surface area contributed by atoms with Crippen LogP contribution in [0.1, 0.15) is 60.9 Å². The third-order valence-electron chi connectivity index (χ3n) is 5.79. The lowest BCUT2D eigenvalue weighted by Crippen LogP contribution is -2.45. The maximum Gasteiger partial charge on any atom is 0.258 e. The SMILES string of the molecule is Cc1c(Cl)c(O)cc(O)c1C(=O)N1CCCCC1CCN1CCCCC1. The molecule has 0 radical (unpaired) electrons. The van der Waals surface area contributed by atoms with E-state index in [4.69, 9.17) is 11.6 Å². The molecule has 2 N–H and O–H groups in total. The predicted octanol–water partition coefficient (Wildman–Crippen LogP) is 3.93. The highest BCUT2D eigenvalue weighted by Crippen LogP contribution is 2.37. The highest BCUT2D eigenvalue weighted by molar-refractivity contribution is 6.33. The molecule has 2 heterocycles. The largest absolute Gasteiger partial charge is 0.507 e. The van der Waals surface area contributed by atoms with Crippen molar-refractivity contribution in [2.24, 2.45) is 0 Å². The molecule has 6 heteroatoms. The highest BCUT2D eigenvalue weighted by atomic mass is 35.5. The molecule has 0 aromatic heterocycles. The van der Waals surface area contributed by atoms with Crippen molar-refractivity contribution >= 4 is 17.5 Å². The number of aromatic hydroxyl groups is 2. The fourth-order valence-electron chi connectivity index (χ4n) is 4.26. The molecular weight excluding hydrogens is 352 g/mol. The van der Waals surface area contributed by atoms with Gasteiger partial charge in [0.15, 0.2) is 0 Å². The zero-order valence-electron chi connectivity index (χ0n) is 15.5. The van der Waals surface area contributed by atoms with Gasteiger partial charge in [0.05, 0.1) is 10.6 Å². The number of halogens is 1. The van der Waals surface area contributed by atoms with E-state index in [-0.39, 0.29) is 34.0 Å². The quantitative estimate of drug-likeness (QED) is 0.830. The first-order valence-corrected chi connectivity index (χ1v) is 10.1. The fourth-order valence-corrected chi connectivity index (χ4v) is 4.40. The normalized spacial score (nSPS) is 21.8. The van der Waals surface area contributed by atoms with E-state index in [1.807, 2.05) is 4.90 Å². The minimum Gasteiger partial charge on any atom is -0.507 e.